The Hall–Kier alpha value is -2.67. The molecule has 0 spiro atoms. The van der Waals surface area contributed by atoms with Crippen LogP contribution in [-0.2, 0) is 15.7 Å². The first kappa shape index (κ1) is 18.4. The smallest absolute Gasteiger partial charge is 0.416 e. The van der Waals surface area contributed by atoms with Crippen molar-refractivity contribution < 1.29 is 27.5 Å². The molecule has 10 heteroatoms. The molecule has 1 unspecified atom stereocenters. The Kier molecular flexibility index (Phi) is 5.64. The van der Waals surface area contributed by atoms with E-state index in [2.05, 4.69) is 10.1 Å². The van der Waals surface area contributed by atoms with Crippen LogP contribution in [0.15, 0.2) is 18.2 Å². The van der Waals surface area contributed by atoms with Gasteiger partial charge >= 0.3 is 12.1 Å². The van der Waals surface area contributed by atoms with E-state index in [1.54, 1.807) is 0 Å². The molecule has 0 aliphatic heterocycles. The topological polar surface area (TPSA) is 105 Å². The molecule has 0 fully saturated rings. The number of rotatable bonds is 4. The van der Waals surface area contributed by atoms with Gasteiger partial charge in [-0.3, -0.25) is 4.79 Å². The largest absolute Gasteiger partial charge is 0.465 e. The minimum atomic E-state index is -4.72. The highest BCUT2D eigenvalue weighted by Crippen LogP contribution is 2.32. The molecule has 0 bridgehead atoms. The summed E-state index contributed by atoms with van der Waals surface area (Å²) in [5.41, 5.74) is 3.23. The summed E-state index contributed by atoms with van der Waals surface area (Å²) in [6.07, 6.45) is -4.72. The molecule has 0 radical (unpaired) electrons. The highest BCUT2D eigenvalue weighted by Gasteiger charge is 2.32. The Bertz CT molecular complexity index is 698. The summed E-state index contributed by atoms with van der Waals surface area (Å²) in [6, 6.07) is 3.85. The van der Waals surface area contributed by atoms with Gasteiger partial charge in [-0.1, -0.05) is 12.2 Å². The van der Waals surface area contributed by atoms with Gasteiger partial charge in [-0.2, -0.15) is 18.4 Å². The van der Waals surface area contributed by atoms with Gasteiger partial charge in [-0.25, -0.2) is 4.79 Å². The number of halogens is 3. The van der Waals surface area contributed by atoms with Crippen molar-refractivity contribution in [2.24, 2.45) is 11.7 Å². The van der Waals surface area contributed by atoms with Gasteiger partial charge in [0.2, 0.25) is 5.91 Å². The van der Waals surface area contributed by atoms with Crippen LogP contribution in [0.4, 0.5) is 18.9 Å². The van der Waals surface area contributed by atoms with E-state index in [0.29, 0.717) is 12.1 Å². The van der Waals surface area contributed by atoms with Crippen LogP contribution < -0.4 is 11.1 Å². The normalized spacial score (nSPS) is 12.0. The summed E-state index contributed by atoms with van der Waals surface area (Å²) in [5, 5.41) is 11.1. The molecular formula is C13H10F3N3O3S. The summed E-state index contributed by atoms with van der Waals surface area (Å²) in [4.78, 5) is 22.1. The fourth-order valence-electron chi connectivity index (χ4n) is 1.57. The fourth-order valence-corrected chi connectivity index (χ4v) is 1.85. The number of thiocarbonyl (C=S) groups is 1. The van der Waals surface area contributed by atoms with Gasteiger partial charge in [0, 0.05) is 5.69 Å². The van der Waals surface area contributed by atoms with Crippen LogP contribution in [0.5, 0.6) is 0 Å². The van der Waals surface area contributed by atoms with Gasteiger partial charge < -0.3 is 15.8 Å². The highest BCUT2D eigenvalue weighted by atomic mass is 32.1. The molecule has 6 nitrogen and oxygen atoms in total. The number of primary amides is 1. The Morgan fingerprint density at radius 2 is 2.00 bits per heavy atom. The lowest BCUT2D eigenvalue weighted by Gasteiger charge is -2.14. The van der Waals surface area contributed by atoms with Gasteiger partial charge in [0.05, 0.1) is 24.3 Å². The summed E-state index contributed by atoms with van der Waals surface area (Å²) < 4.78 is 43.0. The lowest BCUT2D eigenvalue weighted by atomic mass is 10.1. The van der Waals surface area contributed by atoms with Crippen molar-refractivity contribution in [1.82, 2.24) is 0 Å². The Labute approximate surface area is 134 Å². The average Bonchev–Trinajstić information content (AvgIpc) is 2.45. The molecule has 0 saturated carbocycles. The van der Waals surface area contributed by atoms with Crippen LogP contribution in [0.25, 0.3) is 0 Å². The number of amides is 1. The molecule has 1 aromatic rings. The van der Waals surface area contributed by atoms with Crippen molar-refractivity contribution in [3.05, 3.63) is 29.3 Å². The maximum Gasteiger partial charge on any atom is 0.416 e. The Morgan fingerprint density at radius 1 is 1.39 bits per heavy atom. The lowest BCUT2D eigenvalue weighted by molar-refractivity contribution is -0.137. The minimum absolute atomic E-state index is 0.230. The third-order valence-corrected chi connectivity index (χ3v) is 2.96. The second-order valence-corrected chi connectivity index (χ2v) is 4.68. The van der Waals surface area contributed by atoms with Crippen LogP contribution in [0.1, 0.15) is 15.9 Å². The summed E-state index contributed by atoms with van der Waals surface area (Å²) >= 11 is 4.78. The van der Waals surface area contributed by atoms with Crippen LogP contribution in [0.3, 0.4) is 0 Å². The Balaban J connectivity index is 3.26. The number of methoxy groups -OCH3 is 1. The lowest BCUT2D eigenvalue weighted by Crippen LogP contribution is -2.32. The van der Waals surface area contributed by atoms with E-state index in [0.717, 1.165) is 13.2 Å². The fraction of sp³-hybridized carbons (Fsp3) is 0.231. The molecule has 3 N–H and O–H groups in total. The first-order chi connectivity index (χ1) is 10.6. The van der Waals surface area contributed by atoms with Gasteiger partial charge in [0.1, 0.15) is 4.99 Å². The molecule has 0 aromatic heterocycles. The van der Waals surface area contributed by atoms with Crippen LogP contribution in [-0.4, -0.2) is 24.0 Å². The van der Waals surface area contributed by atoms with Crippen molar-refractivity contribution in [3.8, 4) is 6.07 Å². The van der Waals surface area contributed by atoms with Gasteiger partial charge in [0.25, 0.3) is 0 Å². The predicted octanol–water partition coefficient (Wildman–Crippen LogP) is 1.86. The molecule has 0 heterocycles. The zero-order valence-electron chi connectivity index (χ0n) is 11.6. The first-order valence-corrected chi connectivity index (χ1v) is 6.31. The number of esters is 1. The number of ether oxygens (including phenoxy) is 1. The number of anilines is 1. The molecule has 0 saturated heterocycles. The highest BCUT2D eigenvalue weighted by molar-refractivity contribution is 7.80. The number of nitrogens with two attached hydrogens (primary N) is 1. The summed E-state index contributed by atoms with van der Waals surface area (Å²) in [6.45, 7) is 0. The zero-order chi connectivity index (χ0) is 17.8. The van der Waals surface area contributed by atoms with E-state index in [4.69, 9.17) is 23.2 Å². The maximum atomic E-state index is 12.9. The van der Waals surface area contributed by atoms with Crippen LogP contribution in [0.2, 0.25) is 0 Å². The molecule has 0 aliphatic carbocycles. The molecule has 1 aromatic carbocycles. The van der Waals surface area contributed by atoms with Crippen LogP contribution >= 0.6 is 12.2 Å². The summed E-state index contributed by atoms with van der Waals surface area (Å²) in [7, 11) is 1.01. The van der Waals surface area contributed by atoms with E-state index < -0.39 is 29.5 Å². The van der Waals surface area contributed by atoms with Crippen molar-refractivity contribution >= 4 is 34.8 Å². The molecule has 122 valence electrons. The number of hydrogen-bond acceptors (Lipinski definition) is 5. The zero-order valence-corrected chi connectivity index (χ0v) is 12.4. The van der Waals surface area contributed by atoms with Gasteiger partial charge in [-0.05, 0) is 18.2 Å². The number of nitrogens with one attached hydrogen (secondary N) is 1. The third-order valence-electron chi connectivity index (χ3n) is 2.62. The van der Waals surface area contributed by atoms with E-state index in [9.17, 15) is 22.8 Å². The number of hydrogen-bond donors (Lipinski definition) is 2. The molecule has 1 atom stereocenters. The van der Waals surface area contributed by atoms with Gasteiger partial charge in [-0.15, -0.1) is 0 Å². The van der Waals surface area contributed by atoms with Crippen molar-refractivity contribution in [2.45, 2.75) is 6.18 Å². The van der Waals surface area contributed by atoms with Crippen molar-refractivity contribution in [1.29, 1.82) is 5.26 Å². The molecule has 0 aliphatic rings. The number of alkyl halides is 3. The molecule has 1 rings (SSSR count). The first-order valence-electron chi connectivity index (χ1n) is 5.90. The second kappa shape index (κ2) is 7.06. The van der Waals surface area contributed by atoms with E-state index in [1.165, 1.54) is 6.07 Å². The minimum Gasteiger partial charge on any atom is -0.465 e. The number of carbonyl (C=O) groups is 2. The summed E-state index contributed by atoms with van der Waals surface area (Å²) in [5.74, 6) is -3.55. The quantitative estimate of drug-likeness (QED) is 0.637. The molecule has 23 heavy (non-hydrogen) atoms. The number of benzene rings is 1. The predicted molar refractivity (Wildman–Crippen MR) is 77.3 cm³/mol. The molecule has 1 amide bonds. The third kappa shape index (κ3) is 4.65. The average molecular weight is 345 g/mol. The van der Waals surface area contributed by atoms with E-state index >= 15 is 0 Å². The van der Waals surface area contributed by atoms with Crippen molar-refractivity contribution in [3.63, 3.8) is 0 Å². The number of nitriles is 1. The maximum absolute atomic E-state index is 12.9. The van der Waals surface area contributed by atoms with Gasteiger partial charge in [0.15, 0.2) is 5.92 Å². The second-order valence-electron chi connectivity index (χ2n) is 4.24. The van der Waals surface area contributed by atoms with Crippen molar-refractivity contribution in [2.75, 3.05) is 12.4 Å². The Morgan fingerprint density at radius 3 is 2.43 bits per heavy atom. The van der Waals surface area contributed by atoms with Crippen LogP contribution in [0, 0.1) is 17.2 Å². The number of nitrogens with zero attached hydrogens (tertiary/aromatic N) is 1. The molecular weight excluding hydrogens is 335 g/mol. The number of carbonyl (C=O) groups excluding carboxylic acids is 2. The van der Waals surface area contributed by atoms with E-state index in [-0.39, 0.29) is 16.2 Å². The standard InChI is InChI=1S/C13H10F3N3O3S/c1-22-12(21)6-2-7(13(14,15)16)4-8(3-6)19-11(23)9(5-17)10(18)20/h2-4,9H,1H3,(H2,18,20)(H,19,23). The SMILES string of the molecule is COC(=O)c1cc(NC(=S)C(C#N)C(N)=O)cc(C(F)(F)F)c1. The van der Waals surface area contributed by atoms with E-state index in [1.807, 2.05) is 0 Å². The monoisotopic (exact) mass is 345 g/mol.